The normalized spacial score (nSPS) is 10.6. The van der Waals surface area contributed by atoms with Crippen LogP contribution in [0.1, 0.15) is 28.4 Å². The highest BCUT2D eigenvalue weighted by molar-refractivity contribution is 14.0. The standard InChI is InChI=1S/C20H26N4O2.HI/c1-4-22-20(24-14-16-8-6-10-18(12-16)26-3)23-13-15-7-5-9-17(11-15)19(25)21-2;/h5-12H,4,13-14H2,1-3H3,(H,21,25)(H2,22,23,24);1H. The molecular weight excluding hydrogens is 455 g/mol. The number of aliphatic imine (C=N–C) groups is 1. The van der Waals surface area contributed by atoms with Gasteiger partial charge >= 0.3 is 0 Å². The summed E-state index contributed by atoms with van der Waals surface area (Å²) in [5.74, 6) is 1.46. The van der Waals surface area contributed by atoms with Crippen LogP contribution in [0.25, 0.3) is 0 Å². The summed E-state index contributed by atoms with van der Waals surface area (Å²) < 4.78 is 5.25. The molecule has 0 fully saturated rings. The van der Waals surface area contributed by atoms with Crippen molar-refractivity contribution < 1.29 is 9.53 Å². The molecule has 0 unspecified atom stereocenters. The van der Waals surface area contributed by atoms with Gasteiger partial charge < -0.3 is 20.7 Å². The molecule has 27 heavy (non-hydrogen) atoms. The van der Waals surface area contributed by atoms with Crippen molar-refractivity contribution in [1.82, 2.24) is 16.0 Å². The van der Waals surface area contributed by atoms with Gasteiger partial charge in [0.15, 0.2) is 5.96 Å². The molecule has 7 heteroatoms. The van der Waals surface area contributed by atoms with Crippen LogP contribution in [0.3, 0.4) is 0 Å². The molecule has 146 valence electrons. The number of rotatable bonds is 7. The maximum atomic E-state index is 11.7. The van der Waals surface area contributed by atoms with Gasteiger partial charge in [0.25, 0.3) is 5.91 Å². The van der Waals surface area contributed by atoms with E-state index in [0.717, 1.165) is 29.4 Å². The number of hydrogen-bond donors (Lipinski definition) is 3. The van der Waals surface area contributed by atoms with Crippen molar-refractivity contribution in [3.63, 3.8) is 0 Å². The summed E-state index contributed by atoms with van der Waals surface area (Å²) in [5, 5.41) is 9.17. The van der Waals surface area contributed by atoms with Crippen molar-refractivity contribution in [2.24, 2.45) is 4.99 Å². The summed E-state index contributed by atoms with van der Waals surface area (Å²) in [6.07, 6.45) is 0. The summed E-state index contributed by atoms with van der Waals surface area (Å²) in [6, 6.07) is 15.4. The number of carbonyl (C=O) groups is 1. The lowest BCUT2D eigenvalue weighted by atomic mass is 10.1. The number of nitrogens with zero attached hydrogens (tertiary/aromatic N) is 1. The van der Waals surface area contributed by atoms with E-state index < -0.39 is 0 Å². The topological polar surface area (TPSA) is 74.8 Å². The Labute approximate surface area is 177 Å². The molecule has 2 aromatic carbocycles. The number of methoxy groups -OCH3 is 1. The number of carbonyl (C=O) groups excluding carboxylic acids is 1. The van der Waals surface area contributed by atoms with Gasteiger partial charge in [0.05, 0.1) is 13.7 Å². The monoisotopic (exact) mass is 482 g/mol. The van der Waals surface area contributed by atoms with Crippen LogP contribution >= 0.6 is 24.0 Å². The van der Waals surface area contributed by atoms with E-state index in [-0.39, 0.29) is 29.9 Å². The number of amides is 1. The highest BCUT2D eigenvalue weighted by Gasteiger charge is 2.04. The fourth-order valence-corrected chi connectivity index (χ4v) is 2.44. The van der Waals surface area contributed by atoms with Crippen molar-refractivity contribution in [2.75, 3.05) is 20.7 Å². The molecule has 3 N–H and O–H groups in total. The van der Waals surface area contributed by atoms with Crippen molar-refractivity contribution in [3.8, 4) is 5.75 Å². The minimum Gasteiger partial charge on any atom is -0.497 e. The number of ether oxygens (including phenoxy) is 1. The molecule has 6 nitrogen and oxygen atoms in total. The third-order valence-corrected chi connectivity index (χ3v) is 3.77. The van der Waals surface area contributed by atoms with E-state index in [4.69, 9.17) is 4.74 Å². The number of halogens is 1. The molecule has 0 saturated carbocycles. The van der Waals surface area contributed by atoms with Crippen LogP contribution in [-0.2, 0) is 13.1 Å². The second kappa shape index (κ2) is 12.2. The van der Waals surface area contributed by atoms with Crippen LogP contribution in [0.4, 0.5) is 0 Å². The van der Waals surface area contributed by atoms with Gasteiger partial charge in [-0.15, -0.1) is 24.0 Å². The minimum atomic E-state index is -0.0983. The molecule has 0 aliphatic heterocycles. The lowest BCUT2D eigenvalue weighted by Gasteiger charge is -2.12. The first-order valence-electron chi connectivity index (χ1n) is 8.62. The first-order valence-corrected chi connectivity index (χ1v) is 8.62. The van der Waals surface area contributed by atoms with Crippen LogP contribution in [-0.4, -0.2) is 32.6 Å². The van der Waals surface area contributed by atoms with Crippen molar-refractivity contribution >= 4 is 35.8 Å². The molecule has 0 saturated heterocycles. The number of nitrogens with one attached hydrogen (secondary N) is 3. The van der Waals surface area contributed by atoms with Crippen LogP contribution in [0, 0.1) is 0 Å². The Bertz CT molecular complexity index is 765. The van der Waals surface area contributed by atoms with Gasteiger partial charge in [0.1, 0.15) is 5.75 Å². The van der Waals surface area contributed by atoms with Gasteiger partial charge in [-0.25, -0.2) is 4.99 Å². The van der Waals surface area contributed by atoms with E-state index >= 15 is 0 Å². The highest BCUT2D eigenvalue weighted by atomic mass is 127. The van der Waals surface area contributed by atoms with E-state index in [9.17, 15) is 4.79 Å². The molecule has 0 radical (unpaired) electrons. The van der Waals surface area contributed by atoms with E-state index in [0.29, 0.717) is 18.7 Å². The van der Waals surface area contributed by atoms with Crippen LogP contribution < -0.4 is 20.7 Å². The number of guanidine groups is 1. The maximum absolute atomic E-state index is 11.7. The Hall–Kier alpha value is -2.29. The molecule has 2 rings (SSSR count). The molecule has 1 amide bonds. The van der Waals surface area contributed by atoms with Crippen LogP contribution in [0.5, 0.6) is 5.75 Å². The number of benzene rings is 2. The zero-order valence-electron chi connectivity index (χ0n) is 15.9. The average Bonchev–Trinajstić information content (AvgIpc) is 2.69. The van der Waals surface area contributed by atoms with Crippen molar-refractivity contribution in [3.05, 3.63) is 65.2 Å². The van der Waals surface area contributed by atoms with Gasteiger partial charge in [0.2, 0.25) is 0 Å². The fourth-order valence-electron chi connectivity index (χ4n) is 2.44. The molecule has 0 atom stereocenters. The Morgan fingerprint density at radius 2 is 1.81 bits per heavy atom. The highest BCUT2D eigenvalue weighted by Crippen LogP contribution is 2.12. The molecule has 2 aromatic rings. The summed E-state index contributed by atoms with van der Waals surface area (Å²) in [5.41, 5.74) is 2.72. The van der Waals surface area contributed by atoms with E-state index in [1.54, 1.807) is 20.2 Å². The Morgan fingerprint density at radius 3 is 2.52 bits per heavy atom. The SMILES string of the molecule is CCNC(=NCc1cccc(C(=O)NC)c1)NCc1cccc(OC)c1.I. The predicted octanol–water partition coefficient (Wildman–Crippen LogP) is 2.93. The predicted molar refractivity (Wildman–Crippen MR) is 120 cm³/mol. The van der Waals surface area contributed by atoms with Crippen LogP contribution in [0.15, 0.2) is 53.5 Å². The number of hydrogen-bond acceptors (Lipinski definition) is 3. The Morgan fingerprint density at radius 1 is 1.07 bits per heavy atom. The summed E-state index contributed by atoms with van der Waals surface area (Å²) >= 11 is 0. The van der Waals surface area contributed by atoms with Gasteiger partial charge in [-0.2, -0.15) is 0 Å². The van der Waals surface area contributed by atoms with Gasteiger partial charge in [-0.3, -0.25) is 4.79 Å². The van der Waals surface area contributed by atoms with E-state index in [1.165, 1.54) is 0 Å². The molecule has 0 heterocycles. The Kier molecular flexibility index (Phi) is 10.2. The third-order valence-electron chi connectivity index (χ3n) is 3.77. The quantitative estimate of drug-likeness (QED) is 0.323. The zero-order chi connectivity index (χ0) is 18.8. The smallest absolute Gasteiger partial charge is 0.251 e. The zero-order valence-corrected chi connectivity index (χ0v) is 18.2. The van der Waals surface area contributed by atoms with E-state index in [2.05, 4.69) is 20.9 Å². The third kappa shape index (κ3) is 7.46. The minimum absolute atomic E-state index is 0. The van der Waals surface area contributed by atoms with Gasteiger partial charge in [-0.1, -0.05) is 24.3 Å². The molecular formula is C20H27IN4O2. The molecule has 0 aliphatic rings. The second-order valence-corrected chi connectivity index (χ2v) is 5.68. The molecule has 0 aromatic heterocycles. The maximum Gasteiger partial charge on any atom is 0.251 e. The summed E-state index contributed by atoms with van der Waals surface area (Å²) in [6.45, 7) is 3.91. The lowest BCUT2D eigenvalue weighted by molar-refractivity contribution is 0.0963. The average molecular weight is 482 g/mol. The summed E-state index contributed by atoms with van der Waals surface area (Å²) in [7, 11) is 3.28. The second-order valence-electron chi connectivity index (χ2n) is 5.68. The van der Waals surface area contributed by atoms with Crippen molar-refractivity contribution in [1.29, 1.82) is 0 Å². The molecule has 0 aliphatic carbocycles. The first kappa shape index (κ1) is 22.8. The summed E-state index contributed by atoms with van der Waals surface area (Å²) in [4.78, 5) is 16.3. The first-order chi connectivity index (χ1) is 12.7. The lowest BCUT2D eigenvalue weighted by Crippen LogP contribution is -2.36. The van der Waals surface area contributed by atoms with Gasteiger partial charge in [0, 0.05) is 25.7 Å². The molecule has 0 bridgehead atoms. The van der Waals surface area contributed by atoms with Gasteiger partial charge in [-0.05, 0) is 42.3 Å². The molecule has 0 spiro atoms. The van der Waals surface area contributed by atoms with Crippen molar-refractivity contribution in [2.45, 2.75) is 20.0 Å². The fraction of sp³-hybridized carbons (Fsp3) is 0.300. The van der Waals surface area contributed by atoms with E-state index in [1.807, 2.05) is 49.4 Å². The van der Waals surface area contributed by atoms with Crippen LogP contribution in [0.2, 0.25) is 0 Å². The largest absolute Gasteiger partial charge is 0.497 e. The Balaban J connectivity index is 0.00000364.